The van der Waals surface area contributed by atoms with Gasteiger partial charge in [-0.05, 0) is 46.7 Å². The summed E-state index contributed by atoms with van der Waals surface area (Å²) in [7, 11) is 0. The van der Waals surface area contributed by atoms with Crippen LogP contribution in [0.4, 0.5) is 5.95 Å². The lowest BCUT2D eigenvalue weighted by atomic mass is 9.97. The fourth-order valence-corrected chi connectivity index (χ4v) is 6.77. The molecular weight excluding hydrogens is 660 g/mol. The Morgan fingerprint density at radius 3 is 2.19 bits per heavy atom. The third-order valence-corrected chi connectivity index (χ3v) is 9.70. The number of carbonyl (C=O) groups is 2. The lowest BCUT2D eigenvalue weighted by molar-refractivity contribution is -0.253. The highest BCUT2D eigenvalue weighted by atomic mass is 16.7. The number of hydroxylamine groups is 1. The third kappa shape index (κ3) is 10.2. The molecule has 2 fully saturated rings. The van der Waals surface area contributed by atoms with Crippen molar-refractivity contribution in [2.75, 3.05) is 37.6 Å². The first-order chi connectivity index (χ1) is 25.5. The molecular formula is C40H48N6O6. The van der Waals surface area contributed by atoms with Crippen LogP contribution in [0.1, 0.15) is 73.2 Å². The number of nitrogens with zero attached hydrogens (tertiary/aromatic N) is 4. The number of carbonyl (C=O) groups excluding carboxylic acids is 2. The monoisotopic (exact) mass is 708 g/mol. The summed E-state index contributed by atoms with van der Waals surface area (Å²) in [5, 5.41) is 21.2. The number of benzene rings is 3. The summed E-state index contributed by atoms with van der Waals surface area (Å²) in [6.07, 6.45) is 6.16. The van der Waals surface area contributed by atoms with Crippen LogP contribution in [0.3, 0.4) is 0 Å². The van der Waals surface area contributed by atoms with Gasteiger partial charge >= 0.3 is 0 Å². The van der Waals surface area contributed by atoms with Gasteiger partial charge in [-0.25, -0.2) is 15.4 Å². The Labute approximate surface area is 304 Å². The molecule has 0 radical (unpaired) electrons. The summed E-state index contributed by atoms with van der Waals surface area (Å²) in [5.41, 5.74) is 7.56. The minimum Gasteiger partial charge on any atom is -0.392 e. The van der Waals surface area contributed by atoms with Gasteiger partial charge in [-0.2, -0.15) is 0 Å². The molecule has 2 aliphatic heterocycles. The molecule has 0 bridgehead atoms. The van der Waals surface area contributed by atoms with E-state index in [1.165, 1.54) is 0 Å². The molecule has 0 spiro atoms. The quantitative estimate of drug-likeness (QED) is 0.0749. The predicted octanol–water partition coefficient (Wildman–Crippen LogP) is 5.08. The first-order valence-electron chi connectivity index (χ1n) is 18.1. The highest BCUT2D eigenvalue weighted by Gasteiger charge is 2.34. The molecule has 0 aliphatic carbocycles. The molecule has 2 amide bonds. The number of unbranched alkanes of at least 4 members (excludes halogenated alkanes) is 2. The summed E-state index contributed by atoms with van der Waals surface area (Å²) < 4.78 is 13.3. The minimum atomic E-state index is -0.554. The largest absolute Gasteiger partial charge is 0.392 e. The van der Waals surface area contributed by atoms with Gasteiger partial charge in [0, 0.05) is 76.5 Å². The Kier molecular flexibility index (Phi) is 13.3. The SMILES string of the molecule is O=C(CCCCCC(=O)NCc1ccccc1-c1ccc([C@H]2O[C@@H](CN3CCN(c4ncccn4)CC3)C[C@@H](c3ccc(CO)cc3)O2)cc1)NO. The van der Waals surface area contributed by atoms with Crippen molar-refractivity contribution >= 4 is 17.8 Å². The topological polar surface area (TPSA) is 149 Å². The summed E-state index contributed by atoms with van der Waals surface area (Å²) in [6.45, 7) is 4.66. The molecule has 2 saturated heterocycles. The summed E-state index contributed by atoms with van der Waals surface area (Å²) in [4.78, 5) is 37.2. The van der Waals surface area contributed by atoms with Crippen molar-refractivity contribution in [2.24, 2.45) is 0 Å². The standard InChI is InChI=1S/C40H48N6O6/c47-28-29-11-13-31(14-12-29)36-25-34(27-45-21-23-46(24-22-45)40-41-19-6-20-42-40)51-39(52-36)32-17-15-30(16-18-32)35-8-5-4-7-33(35)26-43-37(48)9-2-1-3-10-38(49)44-50/h4-8,11-20,34,36,39,47,50H,1-3,9-10,21-28H2,(H,43,48)(H,44,49)/t34-,36+,39+/m1/s1. The van der Waals surface area contributed by atoms with E-state index < -0.39 is 12.2 Å². The second kappa shape index (κ2) is 18.7. The van der Waals surface area contributed by atoms with Crippen LogP contribution in [0.2, 0.25) is 0 Å². The predicted molar refractivity (Wildman–Crippen MR) is 196 cm³/mol. The van der Waals surface area contributed by atoms with E-state index in [0.717, 1.165) is 84.9 Å². The smallest absolute Gasteiger partial charge is 0.243 e. The maximum absolute atomic E-state index is 12.5. The highest BCUT2D eigenvalue weighted by molar-refractivity contribution is 5.76. The van der Waals surface area contributed by atoms with Crippen molar-refractivity contribution in [2.45, 2.75) is 70.2 Å². The Bertz CT molecular complexity index is 1720. The Morgan fingerprint density at radius 2 is 1.48 bits per heavy atom. The Hall–Kier alpha value is -4.72. The second-order valence-electron chi connectivity index (χ2n) is 13.3. The van der Waals surface area contributed by atoms with E-state index in [0.29, 0.717) is 25.8 Å². The maximum Gasteiger partial charge on any atom is 0.243 e. The maximum atomic E-state index is 12.5. The highest BCUT2D eigenvalue weighted by Crippen LogP contribution is 2.39. The van der Waals surface area contributed by atoms with Crippen LogP contribution in [0.15, 0.2) is 91.3 Å². The lowest BCUT2D eigenvalue weighted by Crippen LogP contribution is -2.50. The van der Waals surface area contributed by atoms with E-state index in [2.05, 4.69) is 55.4 Å². The van der Waals surface area contributed by atoms with Crippen LogP contribution in [-0.2, 0) is 32.2 Å². The van der Waals surface area contributed by atoms with Gasteiger partial charge in [0.15, 0.2) is 6.29 Å². The van der Waals surface area contributed by atoms with Gasteiger partial charge < -0.3 is 24.8 Å². The van der Waals surface area contributed by atoms with Crippen molar-refractivity contribution in [1.29, 1.82) is 0 Å². The molecule has 2 aliphatic rings. The summed E-state index contributed by atoms with van der Waals surface area (Å²) >= 11 is 0. The van der Waals surface area contributed by atoms with Crippen LogP contribution >= 0.6 is 0 Å². The van der Waals surface area contributed by atoms with Gasteiger partial charge in [-0.15, -0.1) is 0 Å². The number of hydrogen-bond donors (Lipinski definition) is 4. The fourth-order valence-electron chi connectivity index (χ4n) is 6.77. The van der Waals surface area contributed by atoms with E-state index in [1.54, 1.807) is 17.9 Å². The van der Waals surface area contributed by atoms with Gasteiger partial charge in [-0.1, -0.05) is 79.2 Å². The van der Waals surface area contributed by atoms with Crippen molar-refractivity contribution in [3.05, 3.63) is 114 Å². The molecule has 3 aromatic carbocycles. The van der Waals surface area contributed by atoms with Gasteiger partial charge in [0.1, 0.15) is 0 Å². The molecule has 0 unspecified atom stereocenters. The number of nitrogens with one attached hydrogen (secondary N) is 2. The number of anilines is 1. The van der Waals surface area contributed by atoms with Gasteiger partial charge in [0.2, 0.25) is 17.8 Å². The van der Waals surface area contributed by atoms with Crippen LogP contribution in [0.5, 0.6) is 0 Å². The zero-order valence-corrected chi connectivity index (χ0v) is 29.4. The molecule has 6 rings (SSSR count). The molecule has 274 valence electrons. The van der Waals surface area contributed by atoms with Crippen LogP contribution in [0, 0.1) is 0 Å². The summed E-state index contributed by atoms with van der Waals surface area (Å²) in [6, 6.07) is 26.1. The summed E-state index contributed by atoms with van der Waals surface area (Å²) in [5.74, 6) is 0.320. The number of piperazine rings is 1. The normalized spacial score (nSPS) is 19.3. The number of aliphatic hydroxyl groups is 1. The minimum absolute atomic E-state index is 0.00292. The van der Waals surface area contributed by atoms with Crippen LogP contribution in [-0.4, -0.2) is 75.8 Å². The molecule has 3 heterocycles. The zero-order valence-electron chi connectivity index (χ0n) is 29.4. The lowest BCUT2D eigenvalue weighted by Gasteiger charge is -2.40. The van der Waals surface area contributed by atoms with E-state index in [-0.39, 0.29) is 31.1 Å². The van der Waals surface area contributed by atoms with Crippen molar-refractivity contribution in [3.63, 3.8) is 0 Å². The van der Waals surface area contributed by atoms with E-state index in [1.807, 2.05) is 48.5 Å². The molecule has 12 nitrogen and oxygen atoms in total. The van der Waals surface area contributed by atoms with Gasteiger partial charge in [0.25, 0.3) is 0 Å². The molecule has 4 N–H and O–H groups in total. The van der Waals surface area contributed by atoms with E-state index >= 15 is 0 Å². The average molecular weight is 709 g/mol. The van der Waals surface area contributed by atoms with E-state index in [9.17, 15) is 14.7 Å². The zero-order chi connectivity index (χ0) is 36.1. The first-order valence-corrected chi connectivity index (χ1v) is 18.1. The Balaban J connectivity index is 1.09. The Morgan fingerprint density at radius 1 is 0.788 bits per heavy atom. The number of ether oxygens (including phenoxy) is 2. The number of aromatic nitrogens is 2. The molecule has 0 saturated carbocycles. The number of amides is 2. The molecule has 52 heavy (non-hydrogen) atoms. The van der Waals surface area contributed by atoms with Crippen LogP contribution < -0.4 is 15.7 Å². The molecule has 12 heteroatoms. The molecule has 3 atom stereocenters. The van der Waals surface area contributed by atoms with Gasteiger partial charge in [-0.3, -0.25) is 19.7 Å². The number of hydrogen-bond acceptors (Lipinski definition) is 10. The third-order valence-electron chi connectivity index (χ3n) is 9.70. The molecule has 1 aromatic heterocycles. The van der Waals surface area contributed by atoms with E-state index in [4.69, 9.17) is 14.7 Å². The number of rotatable bonds is 15. The first kappa shape index (κ1) is 37.1. The van der Waals surface area contributed by atoms with Crippen molar-refractivity contribution < 1.29 is 29.4 Å². The van der Waals surface area contributed by atoms with Crippen molar-refractivity contribution in [3.8, 4) is 11.1 Å². The molecule has 4 aromatic rings. The average Bonchev–Trinajstić information content (AvgIpc) is 3.20. The van der Waals surface area contributed by atoms with Crippen LogP contribution in [0.25, 0.3) is 11.1 Å². The van der Waals surface area contributed by atoms with Crippen molar-refractivity contribution in [1.82, 2.24) is 25.7 Å². The number of aliphatic hydroxyl groups excluding tert-OH is 1. The fraction of sp³-hybridized carbons (Fsp3) is 0.400. The van der Waals surface area contributed by atoms with Gasteiger partial charge in [0.05, 0.1) is 18.8 Å². The second-order valence-corrected chi connectivity index (χ2v) is 13.3.